The molecule has 2 unspecified atom stereocenters. The molecule has 0 radical (unpaired) electrons. The molecular formula is C26H31N3O3. The zero-order valence-corrected chi connectivity index (χ0v) is 18.7. The number of nitrogens with zero attached hydrogens (tertiary/aromatic N) is 3. The topological polar surface area (TPSA) is 53.1 Å². The summed E-state index contributed by atoms with van der Waals surface area (Å²) < 4.78 is 5.22. The van der Waals surface area contributed by atoms with Crippen LogP contribution in [0.25, 0.3) is 0 Å². The van der Waals surface area contributed by atoms with Gasteiger partial charge >= 0.3 is 0 Å². The van der Waals surface area contributed by atoms with Crippen molar-refractivity contribution in [1.82, 2.24) is 9.80 Å². The minimum absolute atomic E-state index is 0.0183. The molecule has 2 saturated heterocycles. The van der Waals surface area contributed by atoms with Gasteiger partial charge < -0.3 is 14.5 Å². The number of piperazine rings is 1. The van der Waals surface area contributed by atoms with E-state index in [9.17, 15) is 9.59 Å². The van der Waals surface area contributed by atoms with Gasteiger partial charge in [-0.05, 0) is 49.1 Å². The van der Waals surface area contributed by atoms with Crippen LogP contribution in [0.4, 0.5) is 5.69 Å². The van der Waals surface area contributed by atoms with E-state index < -0.39 is 0 Å². The van der Waals surface area contributed by atoms with Gasteiger partial charge in [-0.2, -0.15) is 0 Å². The van der Waals surface area contributed by atoms with Crippen LogP contribution in [0, 0.1) is 5.92 Å². The third-order valence-corrected chi connectivity index (χ3v) is 7.03. The second-order valence-electron chi connectivity index (χ2n) is 9.20. The highest BCUT2D eigenvalue weighted by Gasteiger charge is 2.42. The van der Waals surface area contributed by atoms with Crippen molar-refractivity contribution in [3.63, 3.8) is 0 Å². The SMILES string of the molecule is COc1ccc(N2CC(C(=O)N3CCN(C4CC4)CC3Cc3ccccc3)CC2=O)cc1. The van der Waals surface area contributed by atoms with Crippen molar-refractivity contribution in [2.75, 3.05) is 38.2 Å². The Hall–Kier alpha value is -2.86. The monoisotopic (exact) mass is 433 g/mol. The summed E-state index contributed by atoms with van der Waals surface area (Å²) in [5.74, 6) is 0.621. The fourth-order valence-electron chi connectivity index (χ4n) is 5.12. The number of benzene rings is 2. The molecule has 0 aromatic heterocycles. The first kappa shape index (κ1) is 21.0. The van der Waals surface area contributed by atoms with E-state index in [2.05, 4.69) is 34.1 Å². The molecular weight excluding hydrogens is 402 g/mol. The minimum Gasteiger partial charge on any atom is -0.497 e. The van der Waals surface area contributed by atoms with E-state index in [1.807, 2.05) is 30.3 Å². The van der Waals surface area contributed by atoms with Crippen LogP contribution in [0.1, 0.15) is 24.8 Å². The maximum atomic E-state index is 13.6. The van der Waals surface area contributed by atoms with Crippen molar-refractivity contribution in [3.8, 4) is 5.75 Å². The van der Waals surface area contributed by atoms with Crippen molar-refractivity contribution in [3.05, 3.63) is 60.2 Å². The number of rotatable bonds is 6. The third-order valence-electron chi connectivity index (χ3n) is 7.03. The Morgan fingerprint density at radius 2 is 1.75 bits per heavy atom. The molecule has 2 atom stereocenters. The lowest BCUT2D eigenvalue weighted by atomic mass is 9.98. The Kier molecular flexibility index (Phi) is 5.87. The number of methoxy groups -OCH3 is 1. The van der Waals surface area contributed by atoms with Gasteiger partial charge in [0.25, 0.3) is 0 Å². The Balaban J connectivity index is 1.30. The quantitative estimate of drug-likeness (QED) is 0.703. The summed E-state index contributed by atoms with van der Waals surface area (Å²) in [6, 6.07) is 18.8. The predicted octanol–water partition coefficient (Wildman–Crippen LogP) is 2.97. The highest BCUT2D eigenvalue weighted by Crippen LogP contribution is 2.32. The van der Waals surface area contributed by atoms with E-state index in [0.717, 1.165) is 37.5 Å². The normalized spacial score (nSPS) is 24.1. The number of ether oxygens (including phenoxy) is 1. The summed E-state index contributed by atoms with van der Waals surface area (Å²) in [6.07, 6.45) is 3.70. The third kappa shape index (κ3) is 4.37. The van der Waals surface area contributed by atoms with Crippen molar-refractivity contribution in [2.45, 2.75) is 37.8 Å². The van der Waals surface area contributed by atoms with Crippen LogP contribution in [-0.4, -0.2) is 67.0 Å². The molecule has 168 valence electrons. The summed E-state index contributed by atoms with van der Waals surface area (Å²) >= 11 is 0. The molecule has 2 aromatic rings. The van der Waals surface area contributed by atoms with E-state index in [-0.39, 0.29) is 30.2 Å². The van der Waals surface area contributed by atoms with Gasteiger partial charge in [-0.1, -0.05) is 30.3 Å². The number of hydrogen-bond donors (Lipinski definition) is 0. The van der Waals surface area contributed by atoms with Crippen LogP contribution in [0.3, 0.4) is 0 Å². The molecule has 0 spiro atoms. The molecule has 2 aromatic carbocycles. The van der Waals surface area contributed by atoms with Gasteiger partial charge in [0.2, 0.25) is 11.8 Å². The van der Waals surface area contributed by atoms with Crippen molar-refractivity contribution < 1.29 is 14.3 Å². The molecule has 0 bridgehead atoms. The number of hydrogen-bond acceptors (Lipinski definition) is 4. The maximum absolute atomic E-state index is 13.6. The lowest BCUT2D eigenvalue weighted by Gasteiger charge is -2.42. The molecule has 1 saturated carbocycles. The molecule has 3 aliphatic rings. The average molecular weight is 434 g/mol. The van der Waals surface area contributed by atoms with Gasteiger partial charge in [0.05, 0.1) is 13.0 Å². The second kappa shape index (κ2) is 8.94. The fraction of sp³-hybridized carbons (Fsp3) is 0.462. The summed E-state index contributed by atoms with van der Waals surface area (Å²) in [6.45, 7) is 3.06. The number of carbonyl (C=O) groups is 2. The first-order valence-electron chi connectivity index (χ1n) is 11.7. The maximum Gasteiger partial charge on any atom is 0.228 e. The van der Waals surface area contributed by atoms with Gasteiger partial charge in [-0.3, -0.25) is 14.5 Å². The second-order valence-corrected chi connectivity index (χ2v) is 9.20. The van der Waals surface area contributed by atoms with Crippen LogP contribution in [0.5, 0.6) is 5.75 Å². The molecule has 3 fully saturated rings. The Labute approximate surface area is 189 Å². The smallest absolute Gasteiger partial charge is 0.228 e. The molecule has 5 rings (SSSR count). The van der Waals surface area contributed by atoms with Crippen LogP contribution in [-0.2, 0) is 16.0 Å². The molecule has 2 amide bonds. The van der Waals surface area contributed by atoms with Crippen LogP contribution < -0.4 is 9.64 Å². The van der Waals surface area contributed by atoms with Crippen molar-refractivity contribution >= 4 is 17.5 Å². The van der Waals surface area contributed by atoms with E-state index in [1.54, 1.807) is 12.0 Å². The van der Waals surface area contributed by atoms with Gasteiger partial charge in [0.1, 0.15) is 5.75 Å². The number of carbonyl (C=O) groups excluding carboxylic acids is 2. The van der Waals surface area contributed by atoms with Gasteiger partial charge in [-0.25, -0.2) is 0 Å². The van der Waals surface area contributed by atoms with Gasteiger partial charge in [0.15, 0.2) is 0 Å². The Morgan fingerprint density at radius 3 is 2.44 bits per heavy atom. The van der Waals surface area contributed by atoms with Crippen LogP contribution in [0.2, 0.25) is 0 Å². The summed E-state index contributed by atoms with van der Waals surface area (Å²) in [5, 5.41) is 0. The summed E-state index contributed by atoms with van der Waals surface area (Å²) in [5.41, 5.74) is 2.08. The molecule has 2 aliphatic heterocycles. The van der Waals surface area contributed by atoms with E-state index in [1.165, 1.54) is 18.4 Å². The van der Waals surface area contributed by atoms with Crippen molar-refractivity contribution in [1.29, 1.82) is 0 Å². The zero-order chi connectivity index (χ0) is 22.1. The van der Waals surface area contributed by atoms with E-state index >= 15 is 0 Å². The predicted molar refractivity (Wildman–Crippen MR) is 124 cm³/mol. The first-order chi connectivity index (χ1) is 15.6. The Bertz CT molecular complexity index is 958. The number of amides is 2. The van der Waals surface area contributed by atoms with Gasteiger partial charge in [0, 0.05) is 50.4 Å². The molecule has 32 heavy (non-hydrogen) atoms. The highest BCUT2D eigenvalue weighted by atomic mass is 16.5. The Morgan fingerprint density at radius 1 is 1.00 bits per heavy atom. The molecule has 2 heterocycles. The molecule has 6 nitrogen and oxygen atoms in total. The molecule has 0 N–H and O–H groups in total. The van der Waals surface area contributed by atoms with Gasteiger partial charge in [-0.15, -0.1) is 0 Å². The number of anilines is 1. The van der Waals surface area contributed by atoms with E-state index in [0.29, 0.717) is 12.6 Å². The molecule has 1 aliphatic carbocycles. The average Bonchev–Trinajstić information content (AvgIpc) is 3.61. The summed E-state index contributed by atoms with van der Waals surface area (Å²) in [7, 11) is 1.62. The molecule has 6 heteroatoms. The zero-order valence-electron chi connectivity index (χ0n) is 18.7. The summed E-state index contributed by atoms with van der Waals surface area (Å²) in [4.78, 5) is 32.8. The highest BCUT2D eigenvalue weighted by molar-refractivity contribution is 6.00. The minimum atomic E-state index is -0.282. The first-order valence-corrected chi connectivity index (χ1v) is 11.7. The standard InChI is InChI=1S/C26H31N3O3/c1-32-24-11-9-22(10-12-24)29-17-20(16-25(29)30)26(31)28-14-13-27(21-7-8-21)18-23(28)15-19-5-3-2-4-6-19/h2-6,9-12,20-21,23H,7-8,13-18H2,1H3. The van der Waals surface area contributed by atoms with Crippen LogP contribution in [0.15, 0.2) is 54.6 Å². The van der Waals surface area contributed by atoms with Crippen LogP contribution >= 0.6 is 0 Å². The lowest BCUT2D eigenvalue weighted by Crippen LogP contribution is -2.57. The fourth-order valence-corrected chi connectivity index (χ4v) is 5.12. The lowest BCUT2D eigenvalue weighted by molar-refractivity contribution is -0.140. The largest absolute Gasteiger partial charge is 0.497 e. The van der Waals surface area contributed by atoms with Crippen molar-refractivity contribution in [2.24, 2.45) is 5.92 Å². The van der Waals surface area contributed by atoms with E-state index in [4.69, 9.17) is 4.74 Å².